The van der Waals surface area contributed by atoms with Crippen molar-refractivity contribution in [3.05, 3.63) is 45.4 Å². The Labute approximate surface area is 178 Å². The number of halogens is 1. The van der Waals surface area contributed by atoms with Gasteiger partial charge in [0.1, 0.15) is 30.9 Å². The molecule has 2 aliphatic rings. The summed E-state index contributed by atoms with van der Waals surface area (Å²) in [4.78, 5) is 19.5. The van der Waals surface area contributed by atoms with E-state index in [0.717, 1.165) is 17.6 Å². The standard InChI is InChI=1S/C21H25FN2O5S/c1-13-8-15(4-5-16(13)27-11-20(3,22)26)19(25)24-7-6-21(17-10-30-14(2)23-17)18(9-24)28-12-29-21/h4-5,8,10,18,26H,6-7,9,11-12H2,1-3H3/t18?,20?,21-/m1/s1. The Hall–Kier alpha value is -2.07. The van der Waals surface area contributed by atoms with E-state index in [-0.39, 0.29) is 18.8 Å². The van der Waals surface area contributed by atoms with E-state index in [9.17, 15) is 14.3 Å². The minimum absolute atomic E-state index is 0.110. The summed E-state index contributed by atoms with van der Waals surface area (Å²) >= 11 is 1.58. The van der Waals surface area contributed by atoms with Gasteiger partial charge in [0.15, 0.2) is 0 Å². The molecule has 0 spiro atoms. The highest BCUT2D eigenvalue weighted by Crippen LogP contribution is 2.43. The van der Waals surface area contributed by atoms with Crippen LogP contribution >= 0.6 is 11.3 Å². The largest absolute Gasteiger partial charge is 0.487 e. The van der Waals surface area contributed by atoms with E-state index in [1.54, 1.807) is 41.4 Å². The molecule has 0 aliphatic carbocycles. The molecular formula is C21H25FN2O5S. The number of aryl methyl sites for hydroxylation is 2. The van der Waals surface area contributed by atoms with Gasteiger partial charge in [-0.1, -0.05) is 0 Å². The zero-order chi connectivity index (χ0) is 21.5. The van der Waals surface area contributed by atoms with Crippen LogP contribution in [0.5, 0.6) is 5.75 Å². The van der Waals surface area contributed by atoms with Crippen LogP contribution in [0.1, 0.15) is 40.0 Å². The van der Waals surface area contributed by atoms with E-state index in [4.69, 9.17) is 14.2 Å². The van der Waals surface area contributed by atoms with Crippen molar-refractivity contribution in [1.82, 2.24) is 9.88 Å². The van der Waals surface area contributed by atoms with Gasteiger partial charge >= 0.3 is 0 Å². The van der Waals surface area contributed by atoms with Crippen molar-refractivity contribution in [3.63, 3.8) is 0 Å². The summed E-state index contributed by atoms with van der Waals surface area (Å²) in [7, 11) is 0. The smallest absolute Gasteiger partial charge is 0.253 e. The molecule has 1 aromatic heterocycles. The zero-order valence-corrected chi connectivity index (χ0v) is 18.0. The number of aliphatic hydroxyl groups is 1. The van der Waals surface area contributed by atoms with Gasteiger partial charge in [0.05, 0.1) is 17.2 Å². The third kappa shape index (κ3) is 4.07. The lowest BCUT2D eigenvalue weighted by Crippen LogP contribution is -2.53. The highest BCUT2D eigenvalue weighted by Gasteiger charge is 2.52. The summed E-state index contributed by atoms with van der Waals surface area (Å²) in [5, 5.41) is 12.2. The molecule has 2 saturated heterocycles. The van der Waals surface area contributed by atoms with Gasteiger partial charge in [-0.25, -0.2) is 9.37 Å². The summed E-state index contributed by atoms with van der Waals surface area (Å²) in [5.74, 6) is -2.10. The number of benzene rings is 1. The predicted octanol–water partition coefficient (Wildman–Crippen LogP) is 2.93. The Morgan fingerprint density at radius 2 is 2.30 bits per heavy atom. The Morgan fingerprint density at radius 3 is 2.97 bits per heavy atom. The van der Waals surface area contributed by atoms with Crippen molar-refractivity contribution in [2.45, 2.75) is 44.8 Å². The number of rotatable bonds is 5. The van der Waals surface area contributed by atoms with Crippen LogP contribution in [0, 0.1) is 13.8 Å². The fourth-order valence-electron chi connectivity index (χ4n) is 3.92. The minimum atomic E-state index is -2.42. The molecule has 2 fully saturated rings. The van der Waals surface area contributed by atoms with Gasteiger partial charge in [-0.3, -0.25) is 4.79 Å². The molecule has 1 aromatic carbocycles. The molecule has 0 radical (unpaired) electrons. The van der Waals surface area contributed by atoms with E-state index in [1.807, 2.05) is 12.3 Å². The first kappa shape index (κ1) is 21.2. The average molecular weight is 437 g/mol. The maximum atomic E-state index is 13.3. The van der Waals surface area contributed by atoms with Gasteiger partial charge in [-0.15, -0.1) is 11.3 Å². The number of thiazole rings is 1. The SMILES string of the molecule is Cc1nc([C@]23CCN(C(=O)c4ccc(OCC(C)(O)F)c(C)c4)CC2OCO3)cs1. The number of hydrogen-bond donors (Lipinski definition) is 1. The fraction of sp³-hybridized carbons (Fsp3) is 0.524. The molecule has 1 N–H and O–H groups in total. The van der Waals surface area contributed by atoms with Crippen molar-refractivity contribution >= 4 is 17.2 Å². The van der Waals surface area contributed by atoms with Crippen LogP contribution < -0.4 is 4.74 Å². The first-order valence-electron chi connectivity index (χ1n) is 9.80. The number of aromatic nitrogens is 1. The first-order chi connectivity index (χ1) is 14.2. The summed E-state index contributed by atoms with van der Waals surface area (Å²) in [6.45, 7) is 5.40. The first-order valence-corrected chi connectivity index (χ1v) is 10.7. The molecule has 3 heterocycles. The lowest BCUT2D eigenvalue weighted by atomic mass is 9.85. The lowest BCUT2D eigenvalue weighted by Gasteiger charge is -2.40. The molecule has 0 saturated carbocycles. The van der Waals surface area contributed by atoms with Gasteiger partial charge in [0, 0.05) is 23.9 Å². The van der Waals surface area contributed by atoms with Crippen molar-refractivity contribution in [3.8, 4) is 5.75 Å². The van der Waals surface area contributed by atoms with Crippen molar-refractivity contribution < 1.29 is 28.5 Å². The topological polar surface area (TPSA) is 81.1 Å². The molecule has 0 bridgehead atoms. The minimum Gasteiger partial charge on any atom is -0.487 e. The van der Waals surface area contributed by atoms with E-state index in [0.29, 0.717) is 36.4 Å². The zero-order valence-electron chi connectivity index (χ0n) is 17.2. The number of nitrogens with zero attached hydrogens (tertiary/aromatic N) is 2. The Balaban J connectivity index is 1.47. The van der Waals surface area contributed by atoms with E-state index in [1.165, 1.54) is 0 Å². The number of fused-ring (bicyclic) bond motifs is 1. The van der Waals surface area contributed by atoms with Crippen molar-refractivity contribution in [2.75, 3.05) is 26.5 Å². The molecule has 162 valence electrons. The maximum Gasteiger partial charge on any atom is 0.253 e. The van der Waals surface area contributed by atoms with Crippen LogP contribution in [0.2, 0.25) is 0 Å². The summed E-state index contributed by atoms with van der Waals surface area (Å²) in [6.07, 6.45) is 0.338. The number of alkyl halides is 1. The molecule has 2 unspecified atom stereocenters. The third-order valence-corrected chi connectivity index (χ3v) is 6.27. The van der Waals surface area contributed by atoms with Crippen LogP contribution in [0.4, 0.5) is 4.39 Å². The molecule has 7 nitrogen and oxygen atoms in total. The number of hydrogen-bond acceptors (Lipinski definition) is 7. The van der Waals surface area contributed by atoms with Crippen LogP contribution in [0.25, 0.3) is 0 Å². The number of amides is 1. The second-order valence-electron chi connectivity index (χ2n) is 7.97. The highest BCUT2D eigenvalue weighted by atomic mass is 32.1. The molecule has 9 heteroatoms. The number of ether oxygens (including phenoxy) is 3. The van der Waals surface area contributed by atoms with Crippen LogP contribution in [0.15, 0.2) is 23.6 Å². The number of carbonyl (C=O) groups is 1. The van der Waals surface area contributed by atoms with Gasteiger partial charge in [0.25, 0.3) is 5.91 Å². The molecule has 3 atom stereocenters. The van der Waals surface area contributed by atoms with Gasteiger partial charge in [-0.2, -0.15) is 0 Å². The third-order valence-electron chi connectivity index (χ3n) is 5.50. The normalized spacial score (nSPS) is 25.6. The summed E-state index contributed by atoms with van der Waals surface area (Å²) < 4.78 is 30.4. The Bertz CT molecular complexity index is 944. The van der Waals surface area contributed by atoms with E-state index in [2.05, 4.69) is 4.98 Å². The quantitative estimate of drug-likeness (QED) is 0.776. The summed E-state index contributed by atoms with van der Waals surface area (Å²) in [5.41, 5.74) is 1.48. The predicted molar refractivity (Wildman–Crippen MR) is 108 cm³/mol. The average Bonchev–Trinajstić information content (AvgIpc) is 3.32. The summed E-state index contributed by atoms with van der Waals surface area (Å²) in [6, 6.07) is 4.98. The Morgan fingerprint density at radius 1 is 1.50 bits per heavy atom. The molecule has 1 amide bonds. The second kappa shape index (κ2) is 7.88. The van der Waals surface area contributed by atoms with Gasteiger partial charge in [-0.05, 0) is 44.5 Å². The van der Waals surface area contributed by atoms with Crippen LogP contribution in [-0.4, -0.2) is 59.3 Å². The van der Waals surface area contributed by atoms with Crippen LogP contribution in [0.3, 0.4) is 0 Å². The lowest BCUT2D eigenvalue weighted by molar-refractivity contribution is -0.0997. The second-order valence-corrected chi connectivity index (χ2v) is 9.03. The van der Waals surface area contributed by atoms with Crippen molar-refractivity contribution in [2.24, 2.45) is 0 Å². The Kier molecular flexibility index (Phi) is 5.56. The molecule has 4 rings (SSSR count). The molecule has 2 aromatic rings. The van der Waals surface area contributed by atoms with E-state index < -0.39 is 18.1 Å². The number of carbonyl (C=O) groups excluding carboxylic acids is 1. The van der Waals surface area contributed by atoms with Crippen LogP contribution in [-0.2, 0) is 15.1 Å². The molecular weight excluding hydrogens is 411 g/mol. The molecule has 2 aliphatic heterocycles. The van der Waals surface area contributed by atoms with Crippen molar-refractivity contribution in [1.29, 1.82) is 0 Å². The molecule has 30 heavy (non-hydrogen) atoms. The monoisotopic (exact) mass is 436 g/mol. The fourth-order valence-corrected chi connectivity index (χ4v) is 4.61. The highest BCUT2D eigenvalue weighted by molar-refractivity contribution is 7.09. The van der Waals surface area contributed by atoms with Gasteiger partial charge in [0.2, 0.25) is 5.85 Å². The van der Waals surface area contributed by atoms with E-state index >= 15 is 0 Å². The number of piperidine rings is 1. The maximum absolute atomic E-state index is 13.3. The number of likely N-dealkylation sites (tertiary alicyclic amines) is 1. The van der Waals surface area contributed by atoms with Gasteiger partial charge < -0.3 is 24.2 Å².